The molecule has 0 heterocycles. The van der Waals surface area contributed by atoms with Crippen molar-refractivity contribution in [2.75, 3.05) is 0 Å². The second-order valence-corrected chi connectivity index (χ2v) is 2.74. The SMILES string of the molecule is NOC1CC/C=C/CCC1. The summed E-state index contributed by atoms with van der Waals surface area (Å²) in [5.41, 5.74) is 0. The van der Waals surface area contributed by atoms with Crippen molar-refractivity contribution in [3.8, 4) is 0 Å². The fourth-order valence-electron chi connectivity index (χ4n) is 1.26. The summed E-state index contributed by atoms with van der Waals surface area (Å²) in [7, 11) is 0. The van der Waals surface area contributed by atoms with Gasteiger partial charge in [0.25, 0.3) is 0 Å². The van der Waals surface area contributed by atoms with E-state index < -0.39 is 0 Å². The summed E-state index contributed by atoms with van der Waals surface area (Å²) in [6.07, 6.45) is 10.4. The van der Waals surface area contributed by atoms with Gasteiger partial charge in [-0.3, -0.25) is 0 Å². The number of allylic oxidation sites excluding steroid dienone is 2. The average Bonchev–Trinajstić information content (AvgIpc) is 1.87. The van der Waals surface area contributed by atoms with Crippen LogP contribution in [0.5, 0.6) is 0 Å². The van der Waals surface area contributed by atoms with Crippen LogP contribution in [0.25, 0.3) is 0 Å². The molecular formula is C8H15NO. The topological polar surface area (TPSA) is 35.2 Å². The van der Waals surface area contributed by atoms with Crippen LogP contribution in [0.4, 0.5) is 0 Å². The summed E-state index contributed by atoms with van der Waals surface area (Å²) < 4.78 is 0. The fourth-order valence-corrected chi connectivity index (χ4v) is 1.26. The lowest BCUT2D eigenvalue weighted by atomic mass is 10.0. The van der Waals surface area contributed by atoms with Crippen LogP contribution in [0.3, 0.4) is 0 Å². The Balaban J connectivity index is 2.27. The third kappa shape index (κ3) is 2.50. The zero-order chi connectivity index (χ0) is 7.23. The molecule has 0 aliphatic heterocycles. The Bertz CT molecular complexity index is 112. The minimum absolute atomic E-state index is 0.296. The largest absolute Gasteiger partial charge is 0.301 e. The van der Waals surface area contributed by atoms with Crippen LogP contribution in [0, 0.1) is 0 Å². The highest BCUT2D eigenvalue weighted by Gasteiger charge is 2.07. The molecule has 0 spiro atoms. The van der Waals surface area contributed by atoms with Gasteiger partial charge in [-0.05, 0) is 32.1 Å². The number of hydrogen-bond donors (Lipinski definition) is 1. The van der Waals surface area contributed by atoms with Gasteiger partial charge in [0.15, 0.2) is 0 Å². The molecule has 1 aliphatic carbocycles. The van der Waals surface area contributed by atoms with Crippen molar-refractivity contribution in [1.29, 1.82) is 0 Å². The molecule has 2 heteroatoms. The maximum absolute atomic E-state index is 5.10. The number of hydrogen-bond acceptors (Lipinski definition) is 2. The van der Waals surface area contributed by atoms with E-state index in [4.69, 9.17) is 10.7 Å². The molecule has 2 N–H and O–H groups in total. The van der Waals surface area contributed by atoms with Crippen molar-refractivity contribution < 1.29 is 4.84 Å². The maximum Gasteiger partial charge on any atom is 0.0790 e. The van der Waals surface area contributed by atoms with Crippen LogP contribution < -0.4 is 5.90 Å². The minimum atomic E-state index is 0.296. The smallest absolute Gasteiger partial charge is 0.0790 e. The van der Waals surface area contributed by atoms with Crippen LogP contribution in [0.15, 0.2) is 12.2 Å². The van der Waals surface area contributed by atoms with Crippen LogP contribution in [-0.2, 0) is 4.84 Å². The molecule has 10 heavy (non-hydrogen) atoms. The number of rotatable bonds is 1. The van der Waals surface area contributed by atoms with Gasteiger partial charge < -0.3 is 4.84 Å². The monoisotopic (exact) mass is 141 g/mol. The third-order valence-corrected chi connectivity index (χ3v) is 1.91. The summed E-state index contributed by atoms with van der Waals surface area (Å²) in [5, 5.41) is 0. The Morgan fingerprint density at radius 1 is 1.20 bits per heavy atom. The van der Waals surface area contributed by atoms with Gasteiger partial charge in [-0.1, -0.05) is 12.2 Å². The predicted molar refractivity (Wildman–Crippen MR) is 41.3 cm³/mol. The Hall–Kier alpha value is -0.340. The highest BCUT2D eigenvalue weighted by molar-refractivity contribution is 4.84. The minimum Gasteiger partial charge on any atom is -0.301 e. The van der Waals surface area contributed by atoms with Crippen LogP contribution in [-0.4, -0.2) is 6.10 Å². The first-order valence-electron chi connectivity index (χ1n) is 3.94. The molecule has 0 saturated heterocycles. The van der Waals surface area contributed by atoms with E-state index in [-0.39, 0.29) is 0 Å². The third-order valence-electron chi connectivity index (χ3n) is 1.91. The van der Waals surface area contributed by atoms with Gasteiger partial charge in [-0.15, -0.1) is 0 Å². The van der Waals surface area contributed by atoms with Gasteiger partial charge in [0.2, 0.25) is 0 Å². The molecule has 2 nitrogen and oxygen atoms in total. The molecule has 0 aromatic rings. The summed E-state index contributed by atoms with van der Waals surface area (Å²) in [6, 6.07) is 0. The molecule has 0 saturated carbocycles. The molecule has 1 atom stereocenters. The summed E-state index contributed by atoms with van der Waals surface area (Å²) in [5.74, 6) is 5.10. The van der Waals surface area contributed by atoms with Crippen molar-refractivity contribution in [2.45, 2.75) is 38.2 Å². The lowest BCUT2D eigenvalue weighted by Gasteiger charge is -2.13. The molecule has 0 fully saturated rings. The van der Waals surface area contributed by atoms with Crippen LogP contribution >= 0.6 is 0 Å². The lowest BCUT2D eigenvalue weighted by Crippen LogP contribution is -2.17. The van der Waals surface area contributed by atoms with Crippen molar-refractivity contribution in [1.82, 2.24) is 0 Å². The highest BCUT2D eigenvalue weighted by Crippen LogP contribution is 2.13. The average molecular weight is 141 g/mol. The van der Waals surface area contributed by atoms with Gasteiger partial charge in [0, 0.05) is 0 Å². The van der Waals surface area contributed by atoms with E-state index in [2.05, 4.69) is 12.2 Å². The predicted octanol–water partition coefficient (Wildman–Crippen LogP) is 1.77. The van der Waals surface area contributed by atoms with Crippen molar-refractivity contribution in [3.63, 3.8) is 0 Å². The van der Waals surface area contributed by atoms with E-state index in [1.54, 1.807) is 0 Å². The Kier molecular flexibility index (Phi) is 3.47. The van der Waals surface area contributed by atoms with E-state index in [1.165, 1.54) is 12.8 Å². The maximum atomic E-state index is 5.10. The zero-order valence-electron chi connectivity index (χ0n) is 6.25. The van der Waals surface area contributed by atoms with Gasteiger partial charge in [-0.2, -0.15) is 0 Å². The Morgan fingerprint density at radius 2 is 2.00 bits per heavy atom. The molecular weight excluding hydrogens is 126 g/mol. The zero-order valence-corrected chi connectivity index (χ0v) is 6.25. The van der Waals surface area contributed by atoms with Gasteiger partial charge in [0.05, 0.1) is 6.10 Å². The molecule has 1 unspecified atom stereocenters. The van der Waals surface area contributed by atoms with Gasteiger partial charge in [-0.25, -0.2) is 5.90 Å². The molecule has 0 aromatic carbocycles. The van der Waals surface area contributed by atoms with Crippen molar-refractivity contribution >= 4 is 0 Å². The molecule has 0 bridgehead atoms. The molecule has 1 rings (SSSR count). The first-order chi connectivity index (χ1) is 4.93. The fraction of sp³-hybridized carbons (Fsp3) is 0.750. The van der Waals surface area contributed by atoms with E-state index in [1.807, 2.05) is 0 Å². The molecule has 1 aliphatic rings. The van der Waals surface area contributed by atoms with Crippen LogP contribution in [0.2, 0.25) is 0 Å². The van der Waals surface area contributed by atoms with E-state index in [0.717, 1.165) is 19.3 Å². The number of nitrogens with two attached hydrogens (primary N) is 1. The molecule has 0 aromatic heterocycles. The van der Waals surface area contributed by atoms with Gasteiger partial charge in [0.1, 0.15) is 0 Å². The quantitative estimate of drug-likeness (QED) is 0.446. The second kappa shape index (κ2) is 4.47. The summed E-state index contributed by atoms with van der Waals surface area (Å²) >= 11 is 0. The second-order valence-electron chi connectivity index (χ2n) is 2.74. The standard InChI is InChI=1S/C8H15NO/c9-10-8-6-4-2-1-3-5-7-8/h1-2,8H,3-7,9H2/b2-1+. The van der Waals surface area contributed by atoms with Gasteiger partial charge >= 0.3 is 0 Å². The lowest BCUT2D eigenvalue weighted by molar-refractivity contribution is 0.0403. The van der Waals surface area contributed by atoms with E-state index in [0.29, 0.717) is 6.10 Å². The molecule has 58 valence electrons. The Morgan fingerprint density at radius 3 is 2.80 bits per heavy atom. The van der Waals surface area contributed by atoms with Crippen LogP contribution in [0.1, 0.15) is 32.1 Å². The van der Waals surface area contributed by atoms with E-state index in [9.17, 15) is 0 Å². The molecule has 0 amide bonds. The first kappa shape index (κ1) is 7.76. The van der Waals surface area contributed by atoms with Crippen molar-refractivity contribution in [3.05, 3.63) is 12.2 Å². The summed E-state index contributed by atoms with van der Waals surface area (Å²) in [6.45, 7) is 0. The first-order valence-corrected chi connectivity index (χ1v) is 3.94. The van der Waals surface area contributed by atoms with Crippen molar-refractivity contribution in [2.24, 2.45) is 5.90 Å². The van der Waals surface area contributed by atoms with E-state index >= 15 is 0 Å². The Labute approximate surface area is 62.0 Å². The highest BCUT2D eigenvalue weighted by atomic mass is 16.6. The summed E-state index contributed by atoms with van der Waals surface area (Å²) in [4.78, 5) is 4.79. The molecule has 0 radical (unpaired) electrons. The normalized spacial score (nSPS) is 30.7.